The maximum Gasteiger partial charge on any atom is 0.534 e. The molecule has 0 saturated carbocycles. The highest BCUT2D eigenvalue weighted by molar-refractivity contribution is 7.87. The number of halogens is 3. The molecular formula is C9H8F3NO4S. The lowest BCUT2D eigenvalue weighted by Gasteiger charge is -2.10. The Bertz CT molecular complexity index is 632. The summed E-state index contributed by atoms with van der Waals surface area (Å²) in [4.78, 5) is 11.7. The van der Waals surface area contributed by atoms with Crippen molar-refractivity contribution in [2.45, 2.75) is 24.9 Å². The molecule has 18 heavy (non-hydrogen) atoms. The monoisotopic (exact) mass is 283 g/mol. The van der Waals surface area contributed by atoms with Crippen LogP contribution in [-0.2, 0) is 23.1 Å². The molecule has 0 spiro atoms. The van der Waals surface area contributed by atoms with Crippen LogP contribution >= 0.6 is 0 Å². The first-order chi connectivity index (χ1) is 8.22. The Balaban J connectivity index is 2.41. The normalized spacial score (nSPS) is 15.5. The Morgan fingerprint density at radius 1 is 1.28 bits per heavy atom. The largest absolute Gasteiger partial charge is 0.534 e. The standard InChI is InChI=1S/C9H8F3NO4S/c10-9(11,12)18(15,16)17-7-4-3-6-2-1-5-13(6)8(7)14/h3-4H,1-2,5H2. The second kappa shape index (κ2) is 4.01. The molecule has 0 saturated heterocycles. The molecule has 1 aromatic rings. The first-order valence-corrected chi connectivity index (χ1v) is 6.37. The van der Waals surface area contributed by atoms with Crippen molar-refractivity contribution < 1.29 is 25.8 Å². The lowest BCUT2D eigenvalue weighted by molar-refractivity contribution is -0.0500. The molecule has 100 valence electrons. The number of nitrogens with zero attached hydrogens (tertiary/aromatic N) is 1. The van der Waals surface area contributed by atoms with Crippen molar-refractivity contribution in [3.63, 3.8) is 0 Å². The number of fused-ring (bicyclic) bond motifs is 1. The number of hydrogen-bond acceptors (Lipinski definition) is 4. The lowest BCUT2D eigenvalue weighted by Crippen LogP contribution is -2.31. The summed E-state index contributed by atoms with van der Waals surface area (Å²) in [5.41, 5.74) is -5.77. The van der Waals surface area contributed by atoms with E-state index in [0.29, 0.717) is 25.1 Å². The minimum absolute atomic E-state index is 0.345. The summed E-state index contributed by atoms with van der Waals surface area (Å²) >= 11 is 0. The van der Waals surface area contributed by atoms with Crippen molar-refractivity contribution >= 4 is 10.1 Å². The van der Waals surface area contributed by atoms with Crippen molar-refractivity contribution in [3.8, 4) is 5.75 Å². The number of hydrogen-bond donors (Lipinski definition) is 0. The smallest absolute Gasteiger partial charge is 0.370 e. The second-order valence-electron chi connectivity index (χ2n) is 3.73. The third kappa shape index (κ3) is 2.09. The van der Waals surface area contributed by atoms with Crippen LogP contribution in [0.1, 0.15) is 12.1 Å². The van der Waals surface area contributed by atoms with E-state index in [0.717, 1.165) is 6.07 Å². The third-order valence-electron chi connectivity index (χ3n) is 2.53. The first-order valence-electron chi connectivity index (χ1n) is 4.96. The van der Waals surface area contributed by atoms with Crippen LogP contribution in [-0.4, -0.2) is 18.5 Å². The summed E-state index contributed by atoms with van der Waals surface area (Å²) in [6.45, 7) is 0.345. The van der Waals surface area contributed by atoms with Gasteiger partial charge in [0, 0.05) is 12.2 Å². The van der Waals surface area contributed by atoms with Gasteiger partial charge in [-0.25, -0.2) is 0 Å². The van der Waals surface area contributed by atoms with Gasteiger partial charge in [-0.3, -0.25) is 4.79 Å². The molecule has 0 N–H and O–H groups in total. The fourth-order valence-electron chi connectivity index (χ4n) is 1.71. The zero-order valence-electron chi connectivity index (χ0n) is 8.90. The number of pyridine rings is 1. The van der Waals surface area contributed by atoms with Gasteiger partial charge in [0.2, 0.25) is 5.75 Å². The Labute approximate surface area is 99.9 Å². The highest BCUT2D eigenvalue weighted by Crippen LogP contribution is 2.26. The van der Waals surface area contributed by atoms with E-state index in [2.05, 4.69) is 4.18 Å². The van der Waals surface area contributed by atoms with Gasteiger partial charge < -0.3 is 8.75 Å². The van der Waals surface area contributed by atoms with Crippen LogP contribution in [0, 0.1) is 0 Å². The molecule has 2 heterocycles. The van der Waals surface area contributed by atoms with E-state index < -0.39 is 26.9 Å². The zero-order chi connectivity index (χ0) is 13.6. The number of aryl methyl sites for hydroxylation is 1. The van der Waals surface area contributed by atoms with Crippen molar-refractivity contribution in [3.05, 3.63) is 28.2 Å². The van der Waals surface area contributed by atoms with E-state index in [1.165, 1.54) is 10.6 Å². The fraction of sp³-hybridized carbons (Fsp3) is 0.444. The Kier molecular flexibility index (Phi) is 2.88. The molecule has 0 amide bonds. The van der Waals surface area contributed by atoms with E-state index in [9.17, 15) is 26.4 Å². The van der Waals surface area contributed by atoms with Crippen LogP contribution < -0.4 is 9.74 Å². The third-order valence-corrected chi connectivity index (χ3v) is 3.49. The lowest BCUT2D eigenvalue weighted by atomic mass is 10.3. The number of alkyl halides is 3. The maximum absolute atomic E-state index is 12.1. The average molecular weight is 283 g/mol. The topological polar surface area (TPSA) is 65.4 Å². The van der Waals surface area contributed by atoms with E-state index in [1.54, 1.807) is 0 Å². The molecule has 1 aliphatic rings. The molecule has 0 atom stereocenters. The van der Waals surface area contributed by atoms with Gasteiger partial charge in [0.25, 0.3) is 5.56 Å². The van der Waals surface area contributed by atoms with E-state index in [4.69, 9.17) is 0 Å². The molecule has 0 aromatic carbocycles. The summed E-state index contributed by atoms with van der Waals surface area (Å²) in [7, 11) is -5.80. The first kappa shape index (κ1) is 12.9. The van der Waals surface area contributed by atoms with Crippen molar-refractivity contribution in [2.75, 3.05) is 0 Å². The molecule has 0 unspecified atom stereocenters. The highest BCUT2D eigenvalue weighted by Gasteiger charge is 2.49. The predicted molar refractivity (Wildman–Crippen MR) is 54.6 cm³/mol. The quantitative estimate of drug-likeness (QED) is 0.600. The van der Waals surface area contributed by atoms with Gasteiger partial charge in [0.1, 0.15) is 0 Å². The minimum Gasteiger partial charge on any atom is -0.370 e. The Hall–Kier alpha value is -1.51. The summed E-state index contributed by atoms with van der Waals surface area (Å²) in [5, 5.41) is 0. The molecular weight excluding hydrogens is 275 g/mol. The molecule has 0 bridgehead atoms. The van der Waals surface area contributed by atoms with Crippen LogP contribution in [0.4, 0.5) is 13.2 Å². The second-order valence-corrected chi connectivity index (χ2v) is 5.27. The average Bonchev–Trinajstić information content (AvgIpc) is 2.69. The summed E-state index contributed by atoms with van der Waals surface area (Å²) in [5.74, 6) is -0.835. The van der Waals surface area contributed by atoms with Crippen molar-refractivity contribution in [1.29, 1.82) is 0 Å². The Morgan fingerprint density at radius 2 is 1.94 bits per heavy atom. The predicted octanol–water partition coefficient (Wildman–Crippen LogP) is 1.02. The summed E-state index contributed by atoms with van der Waals surface area (Å²) < 4.78 is 62.9. The van der Waals surface area contributed by atoms with Gasteiger partial charge in [-0.15, -0.1) is 0 Å². The molecule has 0 fully saturated rings. The van der Waals surface area contributed by atoms with E-state index in [1.807, 2.05) is 0 Å². The fourth-order valence-corrected chi connectivity index (χ4v) is 2.16. The molecule has 1 aliphatic heterocycles. The van der Waals surface area contributed by atoms with Crippen LogP contribution in [0.25, 0.3) is 0 Å². The molecule has 0 radical (unpaired) electrons. The molecule has 2 rings (SSSR count). The van der Waals surface area contributed by atoms with Crippen LogP contribution in [0.15, 0.2) is 16.9 Å². The van der Waals surface area contributed by atoms with Crippen LogP contribution in [0.3, 0.4) is 0 Å². The van der Waals surface area contributed by atoms with Crippen LogP contribution in [0.5, 0.6) is 5.75 Å². The van der Waals surface area contributed by atoms with Gasteiger partial charge in [-0.05, 0) is 25.0 Å². The SMILES string of the molecule is O=c1c(OS(=O)(=O)C(F)(F)F)ccc2n1CCC2. The minimum atomic E-state index is -5.80. The van der Waals surface area contributed by atoms with Crippen molar-refractivity contribution in [2.24, 2.45) is 0 Å². The summed E-state index contributed by atoms with van der Waals surface area (Å²) in [6, 6.07) is 2.33. The van der Waals surface area contributed by atoms with Gasteiger partial charge >= 0.3 is 15.6 Å². The van der Waals surface area contributed by atoms with Gasteiger partial charge in [-0.2, -0.15) is 21.6 Å². The molecule has 5 nitrogen and oxygen atoms in total. The maximum atomic E-state index is 12.1. The van der Waals surface area contributed by atoms with E-state index >= 15 is 0 Å². The van der Waals surface area contributed by atoms with E-state index in [-0.39, 0.29) is 0 Å². The number of aromatic nitrogens is 1. The molecule has 9 heteroatoms. The van der Waals surface area contributed by atoms with Gasteiger partial charge in [0.05, 0.1) is 0 Å². The molecule has 0 aliphatic carbocycles. The van der Waals surface area contributed by atoms with Gasteiger partial charge in [-0.1, -0.05) is 0 Å². The highest BCUT2D eigenvalue weighted by atomic mass is 32.2. The van der Waals surface area contributed by atoms with Crippen LogP contribution in [0.2, 0.25) is 0 Å². The van der Waals surface area contributed by atoms with Crippen molar-refractivity contribution in [1.82, 2.24) is 4.57 Å². The molecule has 1 aromatic heterocycles. The Morgan fingerprint density at radius 3 is 2.56 bits per heavy atom. The van der Waals surface area contributed by atoms with Gasteiger partial charge in [0.15, 0.2) is 0 Å². The zero-order valence-corrected chi connectivity index (χ0v) is 9.71. The summed E-state index contributed by atoms with van der Waals surface area (Å²) in [6.07, 6.45) is 1.31. The number of rotatable bonds is 2.